The van der Waals surface area contributed by atoms with E-state index in [1.807, 2.05) is 0 Å². The van der Waals surface area contributed by atoms with Crippen molar-refractivity contribution in [3.8, 4) is 5.75 Å². The van der Waals surface area contributed by atoms with Crippen molar-refractivity contribution in [3.63, 3.8) is 0 Å². The summed E-state index contributed by atoms with van der Waals surface area (Å²) in [6.45, 7) is 8.16. The third-order valence-corrected chi connectivity index (χ3v) is 6.19. The third kappa shape index (κ3) is 11.5. The van der Waals surface area contributed by atoms with Crippen LogP contribution in [0.1, 0.15) is 56.8 Å². The molecule has 1 unspecified atom stereocenters. The summed E-state index contributed by atoms with van der Waals surface area (Å²) in [6.07, 6.45) is 2.26. The lowest BCUT2D eigenvalue weighted by Gasteiger charge is -2.18. The molecule has 3 amide bonds. The number of nitrogens with zero attached hydrogens (tertiary/aromatic N) is 1. The van der Waals surface area contributed by atoms with Gasteiger partial charge in [0.25, 0.3) is 5.91 Å². The van der Waals surface area contributed by atoms with Gasteiger partial charge in [0.15, 0.2) is 5.96 Å². The maximum Gasteiger partial charge on any atom is 0.305 e. The number of aliphatic carboxylic acids is 1. The molecule has 1 heterocycles. The molecule has 1 atom stereocenters. The zero-order valence-corrected chi connectivity index (χ0v) is 24.3. The number of aliphatic imine (C=N–C) groups is 1. The highest BCUT2D eigenvalue weighted by molar-refractivity contribution is 6.01. The van der Waals surface area contributed by atoms with E-state index >= 15 is 0 Å². The SMILES string of the molecule is CC(C)(C)CCCOc1ccc(NC(=O)C(CC(=O)O)NC(=O)CNC(=O)c2cccc(NC3=NCCCN3)c2)cc1. The van der Waals surface area contributed by atoms with Crippen LogP contribution in [0.15, 0.2) is 53.5 Å². The van der Waals surface area contributed by atoms with Gasteiger partial charge < -0.3 is 36.4 Å². The number of carbonyl (C=O) groups excluding carboxylic acids is 3. The number of guanidine groups is 1. The smallest absolute Gasteiger partial charge is 0.305 e. The van der Waals surface area contributed by atoms with Gasteiger partial charge in [0, 0.05) is 30.0 Å². The first-order chi connectivity index (χ1) is 20.0. The van der Waals surface area contributed by atoms with Gasteiger partial charge in [-0.2, -0.15) is 0 Å². The first-order valence-corrected chi connectivity index (χ1v) is 14.0. The summed E-state index contributed by atoms with van der Waals surface area (Å²) < 4.78 is 5.74. The van der Waals surface area contributed by atoms with Gasteiger partial charge in [-0.1, -0.05) is 26.8 Å². The molecule has 42 heavy (non-hydrogen) atoms. The summed E-state index contributed by atoms with van der Waals surface area (Å²) in [5, 5.41) is 23.0. The van der Waals surface area contributed by atoms with Gasteiger partial charge in [0.2, 0.25) is 11.8 Å². The number of ether oxygens (including phenoxy) is 1. The predicted molar refractivity (Wildman–Crippen MR) is 161 cm³/mol. The largest absolute Gasteiger partial charge is 0.494 e. The molecule has 0 spiro atoms. The monoisotopic (exact) mass is 580 g/mol. The Morgan fingerprint density at radius 3 is 2.50 bits per heavy atom. The summed E-state index contributed by atoms with van der Waals surface area (Å²) in [5.74, 6) is -1.91. The number of carboxylic acids is 1. The Balaban J connectivity index is 1.49. The molecule has 226 valence electrons. The summed E-state index contributed by atoms with van der Waals surface area (Å²) in [4.78, 5) is 53.7. The molecule has 12 nitrogen and oxygen atoms in total. The Morgan fingerprint density at radius 2 is 1.83 bits per heavy atom. The quantitative estimate of drug-likeness (QED) is 0.196. The minimum atomic E-state index is -1.35. The molecule has 6 N–H and O–H groups in total. The Labute approximate surface area is 245 Å². The maximum atomic E-state index is 12.8. The van der Waals surface area contributed by atoms with Crippen molar-refractivity contribution < 1.29 is 29.0 Å². The van der Waals surface area contributed by atoms with E-state index in [2.05, 4.69) is 52.3 Å². The number of hydrogen-bond donors (Lipinski definition) is 6. The van der Waals surface area contributed by atoms with Gasteiger partial charge in [-0.15, -0.1) is 0 Å². The van der Waals surface area contributed by atoms with Crippen LogP contribution in [0.2, 0.25) is 0 Å². The molecule has 1 aliphatic rings. The highest BCUT2D eigenvalue weighted by atomic mass is 16.5. The van der Waals surface area contributed by atoms with E-state index in [1.165, 1.54) is 0 Å². The lowest BCUT2D eigenvalue weighted by atomic mass is 9.91. The number of benzene rings is 2. The molecule has 0 fully saturated rings. The number of rotatable bonds is 13. The number of anilines is 2. The normalized spacial score (nSPS) is 13.5. The first-order valence-electron chi connectivity index (χ1n) is 14.0. The number of carboxylic acid groups (broad SMARTS) is 1. The van der Waals surface area contributed by atoms with Crippen molar-refractivity contribution in [2.75, 3.05) is 36.9 Å². The van der Waals surface area contributed by atoms with Crippen molar-refractivity contribution >= 4 is 41.0 Å². The molecule has 12 heteroatoms. The van der Waals surface area contributed by atoms with E-state index in [0.29, 0.717) is 41.8 Å². The lowest BCUT2D eigenvalue weighted by Crippen LogP contribution is -2.48. The van der Waals surface area contributed by atoms with Crippen molar-refractivity contribution in [1.29, 1.82) is 0 Å². The van der Waals surface area contributed by atoms with E-state index < -0.39 is 42.7 Å². The van der Waals surface area contributed by atoms with Crippen LogP contribution in [0.5, 0.6) is 5.75 Å². The van der Waals surface area contributed by atoms with E-state index in [0.717, 1.165) is 25.8 Å². The molecule has 0 saturated heterocycles. The number of carbonyl (C=O) groups is 4. The van der Waals surface area contributed by atoms with Gasteiger partial charge in [0.1, 0.15) is 11.8 Å². The van der Waals surface area contributed by atoms with Crippen LogP contribution in [0.4, 0.5) is 11.4 Å². The van der Waals surface area contributed by atoms with Gasteiger partial charge in [-0.25, -0.2) is 0 Å². The standard InChI is InChI=1S/C30H40N6O6/c1-30(2,3)13-5-16-42-23-11-9-21(10-12-23)34-28(41)24(18-26(38)39)36-25(37)19-33-27(40)20-7-4-8-22(17-20)35-29-31-14-6-15-32-29/h4,7-12,17,24H,5-6,13-16,18-19H2,1-3H3,(H,33,40)(H,34,41)(H,36,37)(H,38,39)(H2,31,32,35). The van der Waals surface area contributed by atoms with Gasteiger partial charge >= 0.3 is 5.97 Å². The Hall–Kier alpha value is -4.61. The van der Waals surface area contributed by atoms with Gasteiger partial charge in [-0.05, 0) is 67.1 Å². The van der Waals surface area contributed by atoms with Crippen molar-refractivity contribution in [2.24, 2.45) is 10.4 Å². The minimum absolute atomic E-state index is 0.233. The average Bonchev–Trinajstić information content (AvgIpc) is 2.94. The minimum Gasteiger partial charge on any atom is -0.494 e. The van der Waals surface area contributed by atoms with Crippen molar-refractivity contribution in [2.45, 2.75) is 52.5 Å². The summed E-state index contributed by atoms with van der Waals surface area (Å²) >= 11 is 0. The van der Waals surface area contributed by atoms with Crippen molar-refractivity contribution in [1.82, 2.24) is 16.0 Å². The second-order valence-electron chi connectivity index (χ2n) is 11.1. The zero-order chi connectivity index (χ0) is 30.5. The maximum absolute atomic E-state index is 12.8. The average molecular weight is 581 g/mol. The molecule has 0 aliphatic carbocycles. The van der Waals surface area contributed by atoms with Crippen LogP contribution >= 0.6 is 0 Å². The van der Waals surface area contributed by atoms with Crippen LogP contribution in [0.3, 0.4) is 0 Å². The molecule has 1 aliphatic heterocycles. The second-order valence-corrected chi connectivity index (χ2v) is 11.1. The molecule has 0 radical (unpaired) electrons. The zero-order valence-electron chi connectivity index (χ0n) is 24.3. The fraction of sp³-hybridized carbons (Fsp3) is 0.433. The predicted octanol–water partition coefficient (Wildman–Crippen LogP) is 2.98. The van der Waals surface area contributed by atoms with Crippen LogP contribution in [0.25, 0.3) is 0 Å². The molecular formula is C30H40N6O6. The first kappa shape index (κ1) is 31.9. The molecule has 2 aromatic rings. The fourth-order valence-electron chi connectivity index (χ4n) is 4.04. The summed E-state index contributed by atoms with van der Waals surface area (Å²) in [5.41, 5.74) is 1.61. The van der Waals surface area contributed by atoms with Crippen LogP contribution in [-0.2, 0) is 14.4 Å². The molecule has 3 rings (SSSR count). The summed E-state index contributed by atoms with van der Waals surface area (Å²) in [6, 6.07) is 12.0. The molecule has 0 saturated carbocycles. The third-order valence-electron chi connectivity index (χ3n) is 6.19. The highest BCUT2D eigenvalue weighted by Crippen LogP contribution is 2.21. The molecular weight excluding hydrogens is 540 g/mol. The van der Waals surface area contributed by atoms with Gasteiger partial charge in [0.05, 0.1) is 19.6 Å². The molecule has 2 aromatic carbocycles. The van der Waals surface area contributed by atoms with E-state index in [-0.39, 0.29) is 5.41 Å². The fourth-order valence-corrected chi connectivity index (χ4v) is 4.04. The molecule has 0 aromatic heterocycles. The van der Waals surface area contributed by atoms with Crippen molar-refractivity contribution in [3.05, 3.63) is 54.1 Å². The Kier molecular flexibility index (Phi) is 11.7. The van der Waals surface area contributed by atoms with Crippen LogP contribution in [-0.4, -0.2) is 67.0 Å². The number of nitrogens with one attached hydrogen (secondary N) is 5. The Bertz CT molecular complexity index is 1270. The van der Waals surface area contributed by atoms with Gasteiger partial charge in [-0.3, -0.25) is 24.2 Å². The summed E-state index contributed by atoms with van der Waals surface area (Å²) in [7, 11) is 0. The number of hydrogen-bond acceptors (Lipinski definition) is 8. The second kappa shape index (κ2) is 15.4. The lowest BCUT2D eigenvalue weighted by molar-refractivity contribution is -0.139. The Morgan fingerprint density at radius 1 is 1.07 bits per heavy atom. The number of amides is 3. The van der Waals surface area contributed by atoms with Crippen LogP contribution in [0, 0.1) is 5.41 Å². The van der Waals surface area contributed by atoms with E-state index in [1.54, 1.807) is 48.5 Å². The van der Waals surface area contributed by atoms with E-state index in [4.69, 9.17) is 4.74 Å². The van der Waals surface area contributed by atoms with E-state index in [9.17, 15) is 24.3 Å². The highest BCUT2D eigenvalue weighted by Gasteiger charge is 2.24. The van der Waals surface area contributed by atoms with Crippen LogP contribution < -0.4 is 31.3 Å². The molecule has 0 bridgehead atoms. The topological polar surface area (TPSA) is 170 Å².